The van der Waals surface area contributed by atoms with Crippen LogP contribution in [0.3, 0.4) is 0 Å². The Hall–Kier alpha value is -1.82. The molecule has 0 spiro atoms. The van der Waals surface area contributed by atoms with E-state index < -0.39 is 6.04 Å². The van der Waals surface area contributed by atoms with Crippen molar-refractivity contribution in [1.29, 1.82) is 0 Å². The number of aromatic hydroxyl groups is 1. The number of Topliss-reactive ketones (excluding diaryl/α,β-unsaturated/α-hetero) is 1. The first-order valence-corrected chi connectivity index (χ1v) is 6.13. The van der Waals surface area contributed by atoms with Gasteiger partial charge in [0.2, 0.25) is 0 Å². The SMILES string of the molecule is O=C1c2cc(O)cc(Br)c2OCC1n1ccnc1. The summed E-state index contributed by atoms with van der Waals surface area (Å²) in [5, 5.41) is 9.55. The van der Waals surface area contributed by atoms with E-state index in [4.69, 9.17) is 4.74 Å². The van der Waals surface area contributed by atoms with E-state index >= 15 is 0 Å². The Morgan fingerprint density at radius 1 is 1.50 bits per heavy atom. The van der Waals surface area contributed by atoms with E-state index in [0.717, 1.165) is 0 Å². The summed E-state index contributed by atoms with van der Waals surface area (Å²) >= 11 is 3.27. The largest absolute Gasteiger partial charge is 0.508 e. The zero-order valence-corrected chi connectivity index (χ0v) is 10.8. The highest BCUT2D eigenvalue weighted by atomic mass is 79.9. The van der Waals surface area contributed by atoms with Crippen LogP contribution in [0.4, 0.5) is 0 Å². The van der Waals surface area contributed by atoms with Crippen LogP contribution in [0.25, 0.3) is 0 Å². The van der Waals surface area contributed by atoms with E-state index in [-0.39, 0.29) is 18.1 Å². The second-order valence-electron chi connectivity index (χ2n) is 4.01. The number of fused-ring (bicyclic) bond motifs is 1. The van der Waals surface area contributed by atoms with Gasteiger partial charge in [-0.05, 0) is 28.1 Å². The summed E-state index contributed by atoms with van der Waals surface area (Å²) in [7, 11) is 0. The average molecular weight is 309 g/mol. The summed E-state index contributed by atoms with van der Waals surface area (Å²) < 4.78 is 7.86. The molecule has 0 fully saturated rings. The lowest BCUT2D eigenvalue weighted by Crippen LogP contribution is -2.30. The molecule has 1 unspecified atom stereocenters. The van der Waals surface area contributed by atoms with Crippen molar-refractivity contribution >= 4 is 21.7 Å². The molecule has 0 radical (unpaired) electrons. The molecule has 18 heavy (non-hydrogen) atoms. The van der Waals surface area contributed by atoms with Crippen molar-refractivity contribution in [3.05, 3.63) is 40.9 Å². The third-order valence-corrected chi connectivity index (χ3v) is 3.46. The summed E-state index contributed by atoms with van der Waals surface area (Å²) in [5.41, 5.74) is 0.381. The van der Waals surface area contributed by atoms with Crippen molar-refractivity contribution in [3.8, 4) is 11.5 Å². The van der Waals surface area contributed by atoms with E-state index in [0.29, 0.717) is 15.8 Å². The third kappa shape index (κ3) is 1.69. The van der Waals surface area contributed by atoms with Crippen molar-refractivity contribution in [2.45, 2.75) is 6.04 Å². The number of hydrogen-bond donors (Lipinski definition) is 1. The highest BCUT2D eigenvalue weighted by Crippen LogP contribution is 2.38. The molecule has 1 aliphatic rings. The molecule has 2 heterocycles. The first-order chi connectivity index (χ1) is 8.66. The average Bonchev–Trinajstić information content (AvgIpc) is 2.84. The first-order valence-electron chi connectivity index (χ1n) is 5.34. The minimum atomic E-state index is -0.436. The zero-order valence-electron chi connectivity index (χ0n) is 9.21. The van der Waals surface area contributed by atoms with Gasteiger partial charge in [0.1, 0.15) is 24.1 Å². The monoisotopic (exact) mass is 308 g/mol. The Morgan fingerprint density at radius 3 is 3.06 bits per heavy atom. The lowest BCUT2D eigenvalue weighted by molar-refractivity contribution is 0.0839. The van der Waals surface area contributed by atoms with E-state index in [1.54, 1.807) is 23.3 Å². The van der Waals surface area contributed by atoms with Gasteiger partial charge in [0.15, 0.2) is 5.78 Å². The third-order valence-electron chi connectivity index (χ3n) is 2.87. The maximum absolute atomic E-state index is 12.4. The van der Waals surface area contributed by atoms with E-state index in [2.05, 4.69) is 20.9 Å². The van der Waals surface area contributed by atoms with Crippen LogP contribution in [0.15, 0.2) is 35.3 Å². The van der Waals surface area contributed by atoms with Gasteiger partial charge in [-0.3, -0.25) is 4.79 Å². The number of phenolic OH excluding ortho intramolecular Hbond substituents is 1. The number of ether oxygens (including phenoxy) is 1. The highest BCUT2D eigenvalue weighted by molar-refractivity contribution is 9.10. The second-order valence-corrected chi connectivity index (χ2v) is 4.86. The summed E-state index contributed by atoms with van der Waals surface area (Å²) in [6.07, 6.45) is 4.91. The number of rotatable bonds is 1. The molecule has 5 nitrogen and oxygen atoms in total. The molecule has 1 N–H and O–H groups in total. The Balaban J connectivity index is 2.07. The smallest absolute Gasteiger partial charge is 0.193 e. The summed E-state index contributed by atoms with van der Waals surface area (Å²) in [4.78, 5) is 16.3. The van der Waals surface area contributed by atoms with Crippen LogP contribution >= 0.6 is 15.9 Å². The maximum Gasteiger partial charge on any atom is 0.193 e. The highest BCUT2D eigenvalue weighted by Gasteiger charge is 2.31. The molecule has 0 saturated heterocycles. The second kappa shape index (κ2) is 4.13. The topological polar surface area (TPSA) is 64.3 Å². The minimum Gasteiger partial charge on any atom is -0.508 e. The molecule has 1 atom stereocenters. The number of nitrogens with zero attached hydrogens (tertiary/aromatic N) is 2. The number of benzene rings is 1. The molecule has 1 aromatic carbocycles. The Morgan fingerprint density at radius 2 is 2.33 bits per heavy atom. The fourth-order valence-electron chi connectivity index (χ4n) is 2.00. The number of ketones is 1. The molecule has 1 aromatic heterocycles. The lowest BCUT2D eigenvalue weighted by atomic mass is 10.0. The Labute approximate surface area is 111 Å². The van der Waals surface area contributed by atoms with E-state index in [1.165, 1.54) is 12.1 Å². The summed E-state index contributed by atoms with van der Waals surface area (Å²) in [6, 6.07) is 2.49. The van der Waals surface area contributed by atoms with Crippen LogP contribution < -0.4 is 4.74 Å². The predicted octanol–water partition coefficient (Wildman–Crippen LogP) is 2.17. The van der Waals surface area contributed by atoms with Gasteiger partial charge in [0, 0.05) is 12.4 Å². The number of phenols is 1. The van der Waals surface area contributed by atoms with Gasteiger partial charge >= 0.3 is 0 Å². The molecular weight excluding hydrogens is 300 g/mol. The first kappa shape index (κ1) is 11.3. The van der Waals surface area contributed by atoms with Gasteiger partial charge in [0.25, 0.3) is 0 Å². The summed E-state index contributed by atoms with van der Waals surface area (Å²) in [5.74, 6) is 0.420. The minimum absolute atomic E-state index is 0.0313. The lowest BCUT2D eigenvalue weighted by Gasteiger charge is -2.25. The number of imidazole rings is 1. The molecule has 0 saturated carbocycles. The quantitative estimate of drug-likeness (QED) is 0.877. The Bertz CT molecular complexity index is 610. The predicted molar refractivity (Wildman–Crippen MR) is 66.9 cm³/mol. The molecule has 2 aromatic rings. The van der Waals surface area contributed by atoms with Crippen LogP contribution in [-0.4, -0.2) is 27.0 Å². The van der Waals surface area contributed by atoms with Crippen LogP contribution in [0, 0.1) is 0 Å². The van der Waals surface area contributed by atoms with Crippen LogP contribution in [0.2, 0.25) is 0 Å². The number of carbonyl (C=O) groups excluding carboxylic acids is 1. The molecule has 0 aliphatic carbocycles. The van der Waals surface area contributed by atoms with Crippen molar-refractivity contribution in [1.82, 2.24) is 9.55 Å². The number of halogens is 1. The molecule has 1 aliphatic heterocycles. The fourth-order valence-corrected chi connectivity index (χ4v) is 2.56. The molecule has 92 valence electrons. The normalized spacial score (nSPS) is 18.3. The molecule has 6 heteroatoms. The summed E-state index contributed by atoms with van der Waals surface area (Å²) in [6.45, 7) is 0.256. The van der Waals surface area contributed by atoms with Crippen LogP contribution in [-0.2, 0) is 0 Å². The maximum atomic E-state index is 12.4. The number of carbonyl (C=O) groups is 1. The number of hydrogen-bond acceptors (Lipinski definition) is 4. The van der Waals surface area contributed by atoms with Gasteiger partial charge in [-0.2, -0.15) is 0 Å². The molecule has 0 bridgehead atoms. The van der Waals surface area contributed by atoms with Crippen molar-refractivity contribution < 1.29 is 14.6 Å². The van der Waals surface area contributed by atoms with Crippen molar-refractivity contribution in [3.63, 3.8) is 0 Å². The van der Waals surface area contributed by atoms with Gasteiger partial charge in [0.05, 0.1) is 16.4 Å². The van der Waals surface area contributed by atoms with Crippen LogP contribution in [0.5, 0.6) is 11.5 Å². The molecule has 0 amide bonds. The van der Waals surface area contributed by atoms with E-state index in [9.17, 15) is 9.90 Å². The van der Waals surface area contributed by atoms with Crippen molar-refractivity contribution in [2.75, 3.05) is 6.61 Å². The van der Waals surface area contributed by atoms with Crippen molar-refractivity contribution in [2.24, 2.45) is 0 Å². The Kier molecular flexibility index (Phi) is 2.59. The van der Waals surface area contributed by atoms with Gasteiger partial charge < -0.3 is 14.4 Å². The van der Waals surface area contributed by atoms with E-state index in [1.807, 2.05) is 0 Å². The van der Waals surface area contributed by atoms with Gasteiger partial charge in [-0.15, -0.1) is 0 Å². The number of aromatic nitrogens is 2. The fraction of sp³-hybridized carbons (Fsp3) is 0.167. The molecule has 3 rings (SSSR count). The molecular formula is C12H9BrN2O3. The van der Waals surface area contributed by atoms with Gasteiger partial charge in [-0.25, -0.2) is 4.98 Å². The standard InChI is InChI=1S/C12H9BrN2O3/c13-9-4-7(16)3-8-11(17)10(5-18-12(8)9)15-2-1-14-6-15/h1-4,6,10,16H,5H2. The van der Waals surface area contributed by atoms with Crippen LogP contribution in [0.1, 0.15) is 16.4 Å². The van der Waals surface area contributed by atoms with Gasteiger partial charge in [-0.1, -0.05) is 0 Å². The zero-order chi connectivity index (χ0) is 12.7.